The molecule has 1 heterocycles. The first-order chi connectivity index (χ1) is 11.5. The minimum atomic E-state index is -3.89. The zero-order valence-corrected chi connectivity index (χ0v) is 14.4. The normalized spacial score (nSPS) is 13.2. The van der Waals surface area contributed by atoms with E-state index in [-0.39, 0.29) is 11.8 Å². The molecule has 128 valence electrons. The third-order valence-corrected chi connectivity index (χ3v) is 4.36. The third kappa shape index (κ3) is 6.17. The second-order valence-electron chi connectivity index (χ2n) is 5.54. The van der Waals surface area contributed by atoms with Gasteiger partial charge in [0.05, 0.1) is 11.4 Å². The Labute approximate surface area is 142 Å². The first kappa shape index (κ1) is 18.2. The lowest BCUT2D eigenvalue weighted by atomic mass is 10.2. The Hall–Kier alpha value is -2.12. The number of benzene rings is 1. The highest BCUT2D eigenvalue weighted by Gasteiger charge is 2.17. The highest BCUT2D eigenvalue weighted by atomic mass is 32.2. The van der Waals surface area contributed by atoms with Crippen LogP contribution in [0, 0.1) is 0 Å². The molecular weight excluding hydrogens is 326 g/mol. The molecule has 0 radical (unpaired) electrons. The van der Waals surface area contributed by atoms with Crippen molar-refractivity contribution in [1.29, 1.82) is 0 Å². The number of unbranched alkanes of at least 4 members (excludes halogenated alkanes) is 1. The highest BCUT2D eigenvalue weighted by molar-refractivity contribution is 7.85. The maximum absolute atomic E-state index is 10.8. The van der Waals surface area contributed by atoms with E-state index in [0.717, 1.165) is 11.4 Å². The van der Waals surface area contributed by atoms with Gasteiger partial charge in [-0.05, 0) is 25.5 Å². The number of pyridine rings is 1. The van der Waals surface area contributed by atoms with Gasteiger partial charge in [-0.3, -0.25) is 4.55 Å². The van der Waals surface area contributed by atoms with Crippen LogP contribution in [0.25, 0.3) is 0 Å². The van der Waals surface area contributed by atoms with Gasteiger partial charge in [-0.15, -0.1) is 0 Å². The molecule has 1 atom stereocenters. The lowest BCUT2D eigenvalue weighted by molar-refractivity contribution is -0.705. The van der Waals surface area contributed by atoms with Crippen LogP contribution in [0.4, 0.5) is 5.69 Å². The van der Waals surface area contributed by atoms with Gasteiger partial charge < -0.3 is 0 Å². The van der Waals surface area contributed by atoms with Gasteiger partial charge >= 0.3 is 0 Å². The van der Waals surface area contributed by atoms with E-state index >= 15 is 0 Å². The second kappa shape index (κ2) is 8.65. The molecule has 0 spiro atoms. The van der Waals surface area contributed by atoms with Crippen molar-refractivity contribution in [3.63, 3.8) is 0 Å². The number of hydrogen-bond donors (Lipinski definition) is 1. The molecule has 0 bridgehead atoms. The lowest BCUT2D eigenvalue weighted by Crippen LogP contribution is -2.38. The summed E-state index contributed by atoms with van der Waals surface area (Å²) in [5.41, 5.74) is 1.81. The molecule has 0 fully saturated rings. The van der Waals surface area contributed by atoms with Crippen LogP contribution in [0.15, 0.2) is 65.0 Å². The van der Waals surface area contributed by atoms with E-state index in [9.17, 15) is 8.42 Å². The topological polar surface area (TPSA) is 83.0 Å². The number of azo groups is 1. The van der Waals surface area contributed by atoms with E-state index in [1.165, 1.54) is 0 Å². The molecule has 0 saturated heterocycles. The van der Waals surface area contributed by atoms with E-state index in [1.807, 2.05) is 66.2 Å². The Kier molecular flexibility index (Phi) is 6.57. The molecule has 1 aromatic carbocycles. The molecule has 0 aliphatic carbocycles. The molecule has 0 aliphatic heterocycles. The van der Waals surface area contributed by atoms with Crippen molar-refractivity contribution in [3.05, 3.63) is 60.4 Å². The standard InChI is InChI=1S/C17H21N3O3S/c1-15(18-19-16-9-3-2-4-10-16)17-11-5-6-12-20(17)13-7-8-14-24(21,22)23/h2-6,9-12,15H,7-8,13-14H2,1H3/p+1. The summed E-state index contributed by atoms with van der Waals surface area (Å²) in [6.07, 6.45) is 3.02. The molecule has 2 aromatic rings. The van der Waals surface area contributed by atoms with Crippen LogP contribution >= 0.6 is 0 Å². The summed E-state index contributed by atoms with van der Waals surface area (Å²) in [4.78, 5) is 0. The molecule has 0 amide bonds. The van der Waals surface area contributed by atoms with Crippen molar-refractivity contribution in [1.82, 2.24) is 0 Å². The quantitative estimate of drug-likeness (QED) is 0.343. The molecule has 1 unspecified atom stereocenters. The van der Waals surface area contributed by atoms with E-state index in [4.69, 9.17) is 4.55 Å². The van der Waals surface area contributed by atoms with Crippen LogP contribution in [0.1, 0.15) is 31.5 Å². The zero-order chi connectivity index (χ0) is 17.4. The minimum absolute atomic E-state index is 0.118. The number of rotatable bonds is 8. The van der Waals surface area contributed by atoms with E-state index < -0.39 is 10.1 Å². The summed E-state index contributed by atoms with van der Waals surface area (Å²) in [6, 6.07) is 15.3. The van der Waals surface area contributed by atoms with Gasteiger partial charge in [-0.25, -0.2) is 4.57 Å². The van der Waals surface area contributed by atoms with Crippen molar-refractivity contribution in [3.8, 4) is 0 Å². The van der Waals surface area contributed by atoms with Crippen LogP contribution in [0.2, 0.25) is 0 Å². The smallest absolute Gasteiger partial charge is 0.264 e. The van der Waals surface area contributed by atoms with E-state index in [0.29, 0.717) is 19.4 Å². The average Bonchev–Trinajstić information content (AvgIpc) is 2.57. The average molecular weight is 348 g/mol. The van der Waals surface area contributed by atoms with Crippen LogP contribution in [-0.2, 0) is 16.7 Å². The SMILES string of the molecule is CC(N=Nc1ccccc1)c1cccc[n+]1CCCCS(=O)(=O)O. The van der Waals surface area contributed by atoms with Crippen LogP contribution in [-0.4, -0.2) is 18.7 Å². The Morgan fingerprint density at radius 1 is 1.08 bits per heavy atom. The summed E-state index contributed by atoms with van der Waals surface area (Å²) >= 11 is 0. The molecule has 0 saturated carbocycles. The number of hydrogen-bond acceptors (Lipinski definition) is 4. The van der Waals surface area contributed by atoms with E-state index in [1.54, 1.807) is 0 Å². The van der Waals surface area contributed by atoms with Crippen molar-refractivity contribution in [2.45, 2.75) is 32.4 Å². The molecule has 24 heavy (non-hydrogen) atoms. The molecule has 1 N–H and O–H groups in total. The van der Waals surface area contributed by atoms with Gasteiger partial charge in [0.1, 0.15) is 6.54 Å². The summed E-state index contributed by atoms with van der Waals surface area (Å²) in [5, 5.41) is 8.61. The fourth-order valence-corrected chi connectivity index (χ4v) is 2.92. The molecule has 2 rings (SSSR count). The van der Waals surface area contributed by atoms with Crippen molar-refractivity contribution >= 4 is 15.8 Å². The summed E-state index contributed by atoms with van der Waals surface area (Å²) in [7, 11) is -3.89. The van der Waals surface area contributed by atoms with Gasteiger partial charge in [-0.1, -0.05) is 24.3 Å². The van der Waals surface area contributed by atoms with Gasteiger partial charge in [0.25, 0.3) is 10.1 Å². The zero-order valence-electron chi connectivity index (χ0n) is 13.6. The molecule has 6 nitrogen and oxygen atoms in total. The van der Waals surface area contributed by atoms with E-state index in [2.05, 4.69) is 10.2 Å². The van der Waals surface area contributed by atoms with Gasteiger partial charge in [0.15, 0.2) is 12.2 Å². The Bertz CT molecular complexity index is 777. The fourth-order valence-electron chi connectivity index (χ4n) is 2.35. The fraction of sp³-hybridized carbons (Fsp3) is 0.353. The Morgan fingerprint density at radius 3 is 2.50 bits per heavy atom. The first-order valence-corrected chi connectivity index (χ1v) is 9.46. The summed E-state index contributed by atoms with van der Waals surface area (Å²) in [5.74, 6) is -0.209. The summed E-state index contributed by atoms with van der Waals surface area (Å²) in [6.45, 7) is 2.63. The number of aromatic nitrogens is 1. The van der Waals surface area contributed by atoms with Gasteiger partial charge in [-0.2, -0.15) is 18.6 Å². The van der Waals surface area contributed by atoms with Crippen LogP contribution in [0.3, 0.4) is 0 Å². The largest absolute Gasteiger partial charge is 0.286 e. The third-order valence-electron chi connectivity index (χ3n) is 3.56. The maximum atomic E-state index is 10.8. The molecule has 7 heteroatoms. The predicted octanol–water partition coefficient (Wildman–Crippen LogP) is 3.49. The van der Waals surface area contributed by atoms with Crippen molar-refractivity contribution in [2.75, 3.05) is 5.75 Å². The Balaban J connectivity index is 2.01. The molecule has 1 aromatic heterocycles. The second-order valence-corrected chi connectivity index (χ2v) is 7.11. The minimum Gasteiger partial charge on any atom is -0.286 e. The highest BCUT2D eigenvalue weighted by Crippen LogP contribution is 2.17. The van der Waals surface area contributed by atoms with Crippen LogP contribution < -0.4 is 4.57 Å². The monoisotopic (exact) mass is 348 g/mol. The van der Waals surface area contributed by atoms with Crippen molar-refractivity contribution in [2.24, 2.45) is 10.2 Å². The van der Waals surface area contributed by atoms with Gasteiger partial charge in [0, 0.05) is 18.6 Å². The maximum Gasteiger partial charge on any atom is 0.264 e. The number of nitrogens with zero attached hydrogens (tertiary/aromatic N) is 3. The summed E-state index contributed by atoms with van der Waals surface area (Å²) < 4.78 is 32.3. The molecular formula is C17H22N3O3S+. The Morgan fingerprint density at radius 2 is 1.79 bits per heavy atom. The lowest BCUT2D eigenvalue weighted by Gasteiger charge is -2.06. The van der Waals surface area contributed by atoms with Gasteiger partial charge in [0.2, 0.25) is 5.69 Å². The number of aryl methyl sites for hydroxylation is 1. The first-order valence-electron chi connectivity index (χ1n) is 7.85. The van der Waals surface area contributed by atoms with Crippen LogP contribution in [0.5, 0.6) is 0 Å². The van der Waals surface area contributed by atoms with Crippen molar-refractivity contribution < 1.29 is 17.5 Å². The predicted molar refractivity (Wildman–Crippen MR) is 91.7 cm³/mol. The molecule has 0 aliphatic rings.